The monoisotopic (exact) mass is 298 g/mol. The largest absolute Gasteiger partial charge is 0.481 e. The molecule has 0 spiro atoms. The highest BCUT2D eigenvalue weighted by Gasteiger charge is 2.46. The molecule has 0 aromatic heterocycles. The summed E-state index contributed by atoms with van der Waals surface area (Å²) >= 11 is 0. The number of piperidine rings is 1. The first kappa shape index (κ1) is 16.1. The number of rotatable bonds is 4. The van der Waals surface area contributed by atoms with E-state index in [1.54, 1.807) is 11.8 Å². The lowest BCUT2D eigenvalue weighted by molar-refractivity contribution is -0.148. The average Bonchev–Trinajstić information content (AvgIpc) is 2.82. The minimum Gasteiger partial charge on any atom is -0.481 e. The molecule has 2 aliphatic rings. The molecule has 6 heteroatoms. The number of urea groups is 1. The lowest BCUT2D eigenvalue weighted by Gasteiger charge is -2.37. The van der Waals surface area contributed by atoms with E-state index < -0.39 is 11.4 Å². The zero-order valence-corrected chi connectivity index (χ0v) is 12.7. The predicted molar refractivity (Wildman–Crippen MR) is 78.0 cm³/mol. The van der Waals surface area contributed by atoms with Crippen molar-refractivity contribution < 1.29 is 19.8 Å². The average molecular weight is 298 g/mol. The second-order valence-corrected chi connectivity index (χ2v) is 6.47. The summed E-state index contributed by atoms with van der Waals surface area (Å²) in [5.74, 6) is -0.837. The minimum absolute atomic E-state index is 0.0706. The second kappa shape index (κ2) is 6.64. The standard InChI is InChI=1S/C15H26N2O4/c1-15(13(19)20)8-4-6-12(15)16-14(21)17-9-3-2-5-11(17)7-10-18/h11-12,18H,2-10H2,1H3,(H,16,21)(H,19,20). The number of nitrogens with one attached hydrogen (secondary N) is 1. The lowest BCUT2D eigenvalue weighted by atomic mass is 9.85. The zero-order chi connectivity index (χ0) is 15.5. The van der Waals surface area contributed by atoms with Crippen molar-refractivity contribution in [1.82, 2.24) is 10.2 Å². The fraction of sp³-hybridized carbons (Fsp3) is 0.867. The molecule has 3 unspecified atom stereocenters. The number of hydrogen-bond acceptors (Lipinski definition) is 3. The van der Waals surface area contributed by atoms with Gasteiger partial charge in [-0.3, -0.25) is 4.79 Å². The highest BCUT2D eigenvalue weighted by atomic mass is 16.4. The number of nitrogens with zero attached hydrogens (tertiary/aromatic N) is 1. The van der Waals surface area contributed by atoms with Crippen LogP contribution in [0.5, 0.6) is 0 Å². The molecule has 120 valence electrons. The third-order valence-corrected chi connectivity index (χ3v) is 5.09. The van der Waals surface area contributed by atoms with Crippen molar-refractivity contribution in [2.24, 2.45) is 5.41 Å². The molecule has 21 heavy (non-hydrogen) atoms. The van der Waals surface area contributed by atoms with Crippen LogP contribution in [-0.4, -0.2) is 52.3 Å². The van der Waals surface area contributed by atoms with E-state index in [2.05, 4.69) is 5.32 Å². The van der Waals surface area contributed by atoms with Crippen LogP contribution in [0.25, 0.3) is 0 Å². The van der Waals surface area contributed by atoms with Gasteiger partial charge in [0.2, 0.25) is 0 Å². The molecular formula is C15H26N2O4. The molecule has 2 amide bonds. The Balaban J connectivity index is 2.01. The van der Waals surface area contributed by atoms with E-state index in [1.807, 2.05) is 0 Å². The van der Waals surface area contributed by atoms with E-state index in [0.717, 1.165) is 25.7 Å². The molecule has 2 fully saturated rings. The van der Waals surface area contributed by atoms with Crippen molar-refractivity contribution in [1.29, 1.82) is 0 Å². The van der Waals surface area contributed by atoms with E-state index in [4.69, 9.17) is 5.11 Å². The first-order valence-corrected chi connectivity index (χ1v) is 7.90. The Kier molecular flexibility index (Phi) is 5.08. The van der Waals surface area contributed by atoms with Gasteiger partial charge in [0.25, 0.3) is 0 Å². The summed E-state index contributed by atoms with van der Waals surface area (Å²) in [6.45, 7) is 2.48. The maximum Gasteiger partial charge on any atom is 0.317 e. The Morgan fingerprint density at radius 1 is 1.29 bits per heavy atom. The molecule has 1 aliphatic heterocycles. The third kappa shape index (κ3) is 3.31. The van der Waals surface area contributed by atoms with Crippen molar-refractivity contribution >= 4 is 12.0 Å². The summed E-state index contributed by atoms with van der Waals surface area (Å²) in [6.07, 6.45) is 5.69. The van der Waals surface area contributed by atoms with Gasteiger partial charge >= 0.3 is 12.0 Å². The van der Waals surface area contributed by atoms with Gasteiger partial charge in [0.1, 0.15) is 0 Å². The summed E-state index contributed by atoms with van der Waals surface area (Å²) in [6, 6.07) is -0.409. The lowest BCUT2D eigenvalue weighted by Crippen LogP contribution is -2.55. The number of aliphatic hydroxyl groups excluding tert-OH is 1. The first-order chi connectivity index (χ1) is 9.99. The van der Waals surface area contributed by atoms with Crippen molar-refractivity contribution in [3.8, 4) is 0 Å². The van der Waals surface area contributed by atoms with Crippen LogP contribution in [0, 0.1) is 5.41 Å². The maximum absolute atomic E-state index is 12.5. The molecule has 2 rings (SSSR count). The van der Waals surface area contributed by atoms with Crippen LogP contribution in [0.3, 0.4) is 0 Å². The van der Waals surface area contributed by atoms with Gasteiger partial charge in [0.05, 0.1) is 5.41 Å². The Labute approximate surface area is 125 Å². The number of likely N-dealkylation sites (tertiary alicyclic amines) is 1. The molecule has 0 radical (unpaired) electrons. The number of carboxylic acids is 1. The van der Waals surface area contributed by atoms with Gasteiger partial charge in [-0.2, -0.15) is 0 Å². The first-order valence-electron chi connectivity index (χ1n) is 7.90. The topological polar surface area (TPSA) is 89.9 Å². The van der Waals surface area contributed by atoms with E-state index in [9.17, 15) is 14.7 Å². The maximum atomic E-state index is 12.5. The Bertz CT molecular complexity index is 399. The van der Waals surface area contributed by atoms with Crippen LogP contribution in [0.1, 0.15) is 51.9 Å². The van der Waals surface area contributed by atoms with Gasteiger partial charge in [-0.05, 0) is 45.4 Å². The number of carbonyl (C=O) groups is 2. The molecule has 3 atom stereocenters. The van der Waals surface area contributed by atoms with E-state index in [1.165, 1.54) is 0 Å². The van der Waals surface area contributed by atoms with Crippen LogP contribution >= 0.6 is 0 Å². The normalized spacial score (nSPS) is 33.0. The highest BCUT2D eigenvalue weighted by molar-refractivity contribution is 5.79. The van der Waals surface area contributed by atoms with Gasteiger partial charge < -0.3 is 20.4 Å². The van der Waals surface area contributed by atoms with Crippen LogP contribution in [0.4, 0.5) is 4.79 Å². The molecule has 3 N–H and O–H groups in total. The smallest absolute Gasteiger partial charge is 0.317 e. The zero-order valence-electron chi connectivity index (χ0n) is 12.7. The van der Waals surface area contributed by atoms with E-state index in [0.29, 0.717) is 25.8 Å². The van der Waals surface area contributed by atoms with Crippen LogP contribution in [0.2, 0.25) is 0 Å². The molecule has 1 aliphatic carbocycles. The number of carbonyl (C=O) groups excluding carboxylic acids is 1. The fourth-order valence-electron chi connectivity index (χ4n) is 3.60. The summed E-state index contributed by atoms with van der Waals surface area (Å²) in [5, 5.41) is 21.5. The SMILES string of the molecule is CC1(C(=O)O)CCCC1NC(=O)N1CCCCC1CCO. The number of aliphatic hydroxyl groups is 1. The molecule has 0 bridgehead atoms. The van der Waals surface area contributed by atoms with E-state index >= 15 is 0 Å². The van der Waals surface area contributed by atoms with Crippen LogP contribution in [0.15, 0.2) is 0 Å². The molecule has 0 aromatic carbocycles. The third-order valence-electron chi connectivity index (χ3n) is 5.09. The molecule has 1 heterocycles. The molecular weight excluding hydrogens is 272 g/mol. The number of hydrogen-bond donors (Lipinski definition) is 3. The summed E-state index contributed by atoms with van der Waals surface area (Å²) in [4.78, 5) is 25.7. The Morgan fingerprint density at radius 2 is 2.05 bits per heavy atom. The number of amides is 2. The quantitative estimate of drug-likeness (QED) is 0.735. The van der Waals surface area contributed by atoms with E-state index in [-0.39, 0.29) is 24.7 Å². The van der Waals surface area contributed by atoms with Crippen molar-refractivity contribution in [2.45, 2.75) is 64.0 Å². The fourth-order valence-corrected chi connectivity index (χ4v) is 3.60. The number of aliphatic carboxylic acids is 1. The second-order valence-electron chi connectivity index (χ2n) is 6.47. The molecule has 0 aromatic rings. The van der Waals surface area contributed by atoms with Gasteiger partial charge in [-0.1, -0.05) is 6.42 Å². The van der Waals surface area contributed by atoms with Gasteiger partial charge in [0, 0.05) is 25.2 Å². The van der Waals surface area contributed by atoms with Crippen molar-refractivity contribution in [3.63, 3.8) is 0 Å². The number of carboxylic acid groups (broad SMARTS) is 1. The Morgan fingerprint density at radius 3 is 2.71 bits per heavy atom. The summed E-state index contributed by atoms with van der Waals surface area (Å²) in [5.41, 5.74) is -0.863. The molecule has 1 saturated heterocycles. The van der Waals surface area contributed by atoms with Crippen LogP contribution in [-0.2, 0) is 4.79 Å². The predicted octanol–water partition coefficient (Wildman–Crippen LogP) is 1.58. The molecule has 1 saturated carbocycles. The van der Waals surface area contributed by atoms with Crippen molar-refractivity contribution in [2.75, 3.05) is 13.2 Å². The van der Waals surface area contributed by atoms with Gasteiger partial charge in [-0.25, -0.2) is 4.79 Å². The van der Waals surface area contributed by atoms with Crippen molar-refractivity contribution in [3.05, 3.63) is 0 Å². The summed E-state index contributed by atoms with van der Waals surface area (Å²) in [7, 11) is 0. The minimum atomic E-state index is -0.863. The summed E-state index contributed by atoms with van der Waals surface area (Å²) < 4.78 is 0. The Hall–Kier alpha value is -1.30. The van der Waals surface area contributed by atoms with Gasteiger partial charge in [-0.15, -0.1) is 0 Å². The van der Waals surface area contributed by atoms with Gasteiger partial charge in [0.15, 0.2) is 0 Å². The molecule has 6 nitrogen and oxygen atoms in total. The highest BCUT2D eigenvalue weighted by Crippen LogP contribution is 2.38. The van der Waals surface area contributed by atoms with Crippen LogP contribution < -0.4 is 5.32 Å².